The molecule has 11 heteroatoms. The highest BCUT2D eigenvalue weighted by Crippen LogP contribution is 2.32. The van der Waals surface area contributed by atoms with Gasteiger partial charge in [-0.05, 0) is 50.5 Å². The summed E-state index contributed by atoms with van der Waals surface area (Å²) in [5.41, 5.74) is 0.779. The lowest BCUT2D eigenvalue weighted by Gasteiger charge is -2.29. The summed E-state index contributed by atoms with van der Waals surface area (Å²) in [4.78, 5) is 27.3. The van der Waals surface area contributed by atoms with E-state index in [-0.39, 0.29) is 43.4 Å². The second-order valence-corrected chi connectivity index (χ2v) is 10.9. The average molecular weight is 542 g/mol. The molecule has 0 fully saturated rings. The molecule has 0 aromatic heterocycles. The second-order valence-electron chi connectivity index (χ2n) is 8.96. The van der Waals surface area contributed by atoms with Crippen molar-refractivity contribution < 1.29 is 31.2 Å². The van der Waals surface area contributed by atoms with Gasteiger partial charge < -0.3 is 10.2 Å². The number of alkyl halides is 3. The van der Waals surface area contributed by atoms with Gasteiger partial charge in [0.25, 0.3) is 0 Å². The number of amides is 2. The lowest BCUT2D eigenvalue weighted by molar-refractivity contribution is -0.140. The second kappa shape index (κ2) is 12.9. The van der Waals surface area contributed by atoms with Crippen LogP contribution in [-0.4, -0.2) is 50.5 Å². The van der Waals surface area contributed by atoms with Crippen LogP contribution in [0.15, 0.2) is 48.5 Å². The number of nitrogens with zero attached hydrogens (tertiary/aromatic N) is 2. The van der Waals surface area contributed by atoms with Crippen LogP contribution in [0.4, 0.5) is 18.9 Å². The Morgan fingerprint density at radius 3 is 2.30 bits per heavy atom. The smallest absolute Gasteiger partial charge is 0.354 e. The first kappa shape index (κ1) is 30.1. The van der Waals surface area contributed by atoms with Crippen LogP contribution in [0.25, 0.3) is 0 Å². The van der Waals surface area contributed by atoms with Gasteiger partial charge in [0, 0.05) is 26.1 Å². The third kappa shape index (κ3) is 9.07. The highest BCUT2D eigenvalue weighted by molar-refractivity contribution is 7.92. The SMILES string of the molecule is CCCNC(=O)[C@H](C)N(Cc1ccc(C)cc1)C(=O)CCCN(c1cccc(C(F)(F)F)c1)S(C)(=O)=O. The fourth-order valence-electron chi connectivity index (χ4n) is 3.71. The minimum atomic E-state index is -4.62. The number of rotatable bonds is 12. The van der Waals surface area contributed by atoms with Gasteiger partial charge >= 0.3 is 6.18 Å². The number of benzene rings is 2. The first-order chi connectivity index (χ1) is 17.2. The zero-order chi connectivity index (χ0) is 27.8. The van der Waals surface area contributed by atoms with E-state index >= 15 is 0 Å². The van der Waals surface area contributed by atoms with E-state index in [1.807, 2.05) is 38.1 Å². The first-order valence-corrected chi connectivity index (χ1v) is 13.9. The average Bonchev–Trinajstić information content (AvgIpc) is 2.83. The molecule has 0 heterocycles. The molecular formula is C26H34F3N3O4S. The predicted octanol–water partition coefficient (Wildman–Crippen LogP) is 4.50. The topological polar surface area (TPSA) is 86.8 Å². The number of aryl methyl sites for hydroxylation is 1. The maximum atomic E-state index is 13.2. The summed E-state index contributed by atoms with van der Waals surface area (Å²) in [5.74, 6) is -0.666. The van der Waals surface area contributed by atoms with Crippen molar-refractivity contribution in [3.63, 3.8) is 0 Å². The van der Waals surface area contributed by atoms with E-state index in [2.05, 4.69) is 5.32 Å². The summed E-state index contributed by atoms with van der Waals surface area (Å²) in [5, 5.41) is 2.78. The van der Waals surface area contributed by atoms with E-state index in [0.29, 0.717) is 6.54 Å². The number of carbonyl (C=O) groups is 2. The molecule has 0 aliphatic heterocycles. The normalized spacial score (nSPS) is 12.6. The molecule has 7 nitrogen and oxygen atoms in total. The van der Waals surface area contributed by atoms with Gasteiger partial charge in [-0.2, -0.15) is 13.2 Å². The van der Waals surface area contributed by atoms with Crippen molar-refractivity contribution in [1.29, 1.82) is 0 Å². The molecule has 204 valence electrons. The lowest BCUT2D eigenvalue weighted by Crippen LogP contribution is -2.47. The third-order valence-corrected chi connectivity index (χ3v) is 7.00. The number of nitrogens with one attached hydrogen (secondary N) is 1. The fourth-order valence-corrected chi connectivity index (χ4v) is 4.67. The minimum absolute atomic E-state index is 0.0514. The summed E-state index contributed by atoms with van der Waals surface area (Å²) >= 11 is 0. The highest BCUT2D eigenvalue weighted by atomic mass is 32.2. The van der Waals surface area contributed by atoms with Crippen molar-refractivity contribution in [1.82, 2.24) is 10.2 Å². The zero-order valence-corrected chi connectivity index (χ0v) is 22.3. The Balaban J connectivity index is 2.19. The lowest BCUT2D eigenvalue weighted by atomic mass is 10.1. The monoisotopic (exact) mass is 541 g/mol. The molecule has 0 saturated heterocycles. The fraction of sp³-hybridized carbons (Fsp3) is 0.462. The number of anilines is 1. The Labute approximate surface area is 216 Å². The van der Waals surface area contributed by atoms with Gasteiger partial charge in [0.1, 0.15) is 6.04 Å². The standard InChI is InChI=1S/C26H34F3N3O4S/c1-5-15-30-25(34)20(3)31(18-21-13-11-19(2)12-14-21)24(33)10-7-16-32(37(4,35)36)23-9-6-8-22(17-23)26(27,28)29/h6,8-9,11-14,17,20H,5,7,10,15-16,18H2,1-4H3,(H,30,34)/t20-/m0/s1. The summed E-state index contributed by atoms with van der Waals surface area (Å²) in [6, 6.07) is 10.8. The quantitative estimate of drug-likeness (QED) is 0.429. The van der Waals surface area contributed by atoms with Crippen LogP contribution in [-0.2, 0) is 32.3 Å². The van der Waals surface area contributed by atoms with Crippen LogP contribution in [0.1, 0.15) is 49.8 Å². The molecule has 37 heavy (non-hydrogen) atoms. The van der Waals surface area contributed by atoms with Crippen molar-refractivity contribution >= 4 is 27.5 Å². The number of sulfonamides is 1. The van der Waals surface area contributed by atoms with Gasteiger partial charge in [-0.3, -0.25) is 13.9 Å². The number of hydrogen-bond donors (Lipinski definition) is 1. The molecule has 0 aliphatic carbocycles. The molecule has 2 rings (SSSR count). The molecule has 0 unspecified atom stereocenters. The highest BCUT2D eigenvalue weighted by Gasteiger charge is 2.32. The van der Waals surface area contributed by atoms with Crippen LogP contribution in [0.5, 0.6) is 0 Å². The molecule has 2 amide bonds. The summed E-state index contributed by atoms with van der Waals surface area (Å²) in [6.45, 7) is 5.94. The number of carbonyl (C=O) groups excluding carboxylic acids is 2. The van der Waals surface area contributed by atoms with Crippen LogP contribution in [0.2, 0.25) is 0 Å². The van der Waals surface area contributed by atoms with E-state index in [1.165, 1.54) is 11.0 Å². The molecule has 0 aliphatic rings. The molecular weight excluding hydrogens is 507 g/mol. The van der Waals surface area contributed by atoms with E-state index < -0.39 is 27.8 Å². The Hall–Kier alpha value is -3.08. The molecule has 1 atom stereocenters. The Kier molecular flexibility index (Phi) is 10.5. The van der Waals surface area contributed by atoms with E-state index in [0.717, 1.165) is 46.3 Å². The van der Waals surface area contributed by atoms with Crippen molar-refractivity contribution in [2.45, 2.75) is 58.8 Å². The first-order valence-electron chi connectivity index (χ1n) is 12.0. The molecule has 0 spiro atoms. The third-order valence-electron chi connectivity index (χ3n) is 5.80. The largest absolute Gasteiger partial charge is 0.416 e. The maximum Gasteiger partial charge on any atom is 0.416 e. The summed E-state index contributed by atoms with van der Waals surface area (Å²) < 4.78 is 65.0. The molecule has 0 bridgehead atoms. The number of halogens is 3. The van der Waals surface area contributed by atoms with Crippen LogP contribution in [0, 0.1) is 6.92 Å². The van der Waals surface area contributed by atoms with Crippen molar-refractivity contribution in [3.05, 3.63) is 65.2 Å². The van der Waals surface area contributed by atoms with Gasteiger partial charge in [0.05, 0.1) is 17.5 Å². The van der Waals surface area contributed by atoms with Crippen molar-refractivity contribution in [3.8, 4) is 0 Å². The Morgan fingerprint density at radius 1 is 1.08 bits per heavy atom. The van der Waals surface area contributed by atoms with E-state index in [1.54, 1.807) is 6.92 Å². The van der Waals surface area contributed by atoms with Gasteiger partial charge in [-0.1, -0.05) is 42.8 Å². The zero-order valence-electron chi connectivity index (χ0n) is 21.5. The van der Waals surface area contributed by atoms with Gasteiger partial charge in [0.2, 0.25) is 21.8 Å². The minimum Gasteiger partial charge on any atom is -0.354 e. The Bertz CT molecular complexity index is 1170. The molecule has 2 aromatic carbocycles. The van der Waals surface area contributed by atoms with Crippen LogP contribution in [0.3, 0.4) is 0 Å². The van der Waals surface area contributed by atoms with Gasteiger partial charge in [0.15, 0.2) is 0 Å². The van der Waals surface area contributed by atoms with Crippen LogP contribution < -0.4 is 9.62 Å². The predicted molar refractivity (Wildman–Crippen MR) is 137 cm³/mol. The van der Waals surface area contributed by atoms with Crippen molar-refractivity contribution in [2.75, 3.05) is 23.7 Å². The van der Waals surface area contributed by atoms with Gasteiger partial charge in [-0.25, -0.2) is 8.42 Å². The molecule has 0 radical (unpaired) electrons. The molecule has 1 N–H and O–H groups in total. The van der Waals surface area contributed by atoms with Gasteiger partial charge in [-0.15, -0.1) is 0 Å². The summed E-state index contributed by atoms with van der Waals surface area (Å²) in [7, 11) is -3.91. The molecule has 2 aromatic rings. The summed E-state index contributed by atoms with van der Waals surface area (Å²) in [6.07, 6.45) is -3.03. The van der Waals surface area contributed by atoms with E-state index in [9.17, 15) is 31.2 Å². The molecule has 0 saturated carbocycles. The Morgan fingerprint density at radius 2 is 1.73 bits per heavy atom. The van der Waals surface area contributed by atoms with Crippen LogP contribution >= 0.6 is 0 Å². The van der Waals surface area contributed by atoms with Crippen molar-refractivity contribution in [2.24, 2.45) is 0 Å². The van der Waals surface area contributed by atoms with E-state index in [4.69, 9.17) is 0 Å². The number of hydrogen-bond acceptors (Lipinski definition) is 4. The maximum absolute atomic E-state index is 13.2.